The van der Waals surface area contributed by atoms with Crippen molar-refractivity contribution in [2.24, 2.45) is 11.8 Å². The van der Waals surface area contributed by atoms with Gasteiger partial charge in [0.15, 0.2) is 0 Å². The number of nitro groups is 1. The van der Waals surface area contributed by atoms with Crippen molar-refractivity contribution >= 4 is 21.6 Å². The van der Waals surface area contributed by atoms with E-state index in [4.69, 9.17) is 0 Å². The minimum atomic E-state index is -3.87. The molecule has 0 unspecified atom stereocenters. The molecule has 0 bridgehead atoms. The van der Waals surface area contributed by atoms with Crippen molar-refractivity contribution in [1.82, 2.24) is 9.62 Å². The van der Waals surface area contributed by atoms with E-state index in [1.54, 1.807) is 6.92 Å². The average Bonchev–Trinajstić information content (AvgIpc) is 3.63. The van der Waals surface area contributed by atoms with Crippen LogP contribution in [0.4, 0.5) is 5.69 Å². The zero-order chi connectivity index (χ0) is 22.9. The van der Waals surface area contributed by atoms with Gasteiger partial charge in [-0.05, 0) is 49.7 Å². The summed E-state index contributed by atoms with van der Waals surface area (Å²) in [7, 11) is -3.87. The molecule has 1 saturated heterocycles. The second-order valence-electron chi connectivity index (χ2n) is 8.62. The monoisotopic (exact) mass is 457 g/mol. The minimum absolute atomic E-state index is 0.00187. The molecule has 1 N–H and O–H groups in total. The molecule has 4 rings (SSSR count). The van der Waals surface area contributed by atoms with Gasteiger partial charge >= 0.3 is 0 Å². The largest absolute Gasteiger partial charge is 0.349 e. The molecule has 2 aromatic carbocycles. The number of hydrogen-bond donors (Lipinski definition) is 1. The maximum absolute atomic E-state index is 13.1. The Labute approximate surface area is 187 Å². The summed E-state index contributed by atoms with van der Waals surface area (Å²) < 4.78 is 27.6. The fraction of sp³-hybridized carbons (Fsp3) is 0.435. The van der Waals surface area contributed by atoms with E-state index in [1.807, 2.05) is 30.3 Å². The standard InChI is InChI=1S/C23H27N3O5S/c1-16-7-10-20(26(28)29)15-21(16)32(30,31)25-13-11-19(12-14-25)23(27)24-22(18-8-9-18)17-5-3-2-4-6-17/h2-7,10,15,18-19,22H,8-9,11-14H2,1H3,(H,24,27)/t22-/m1/s1. The minimum Gasteiger partial charge on any atom is -0.349 e. The molecule has 2 fully saturated rings. The number of carbonyl (C=O) groups excluding carboxylic acids is 1. The Balaban J connectivity index is 1.42. The van der Waals surface area contributed by atoms with Crippen LogP contribution in [0.1, 0.15) is 42.9 Å². The first-order valence-electron chi connectivity index (χ1n) is 10.9. The first kappa shape index (κ1) is 22.4. The number of amides is 1. The number of nitrogens with zero attached hydrogens (tertiary/aromatic N) is 2. The summed E-state index contributed by atoms with van der Waals surface area (Å²) >= 11 is 0. The third-order valence-corrected chi connectivity index (χ3v) is 8.42. The molecule has 1 atom stereocenters. The molecule has 2 aromatic rings. The molecule has 32 heavy (non-hydrogen) atoms. The van der Waals surface area contributed by atoms with Crippen LogP contribution in [-0.4, -0.2) is 36.6 Å². The van der Waals surface area contributed by atoms with Crippen LogP contribution in [0.25, 0.3) is 0 Å². The Hall–Kier alpha value is -2.78. The highest BCUT2D eigenvalue weighted by Crippen LogP contribution is 2.41. The summed E-state index contributed by atoms with van der Waals surface area (Å²) in [6.07, 6.45) is 3.04. The molecule has 9 heteroatoms. The number of benzene rings is 2. The lowest BCUT2D eigenvalue weighted by atomic mass is 9.95. The van der Waals surface area contributed by atoms with E-state index >= 15 is 0 Å². The number of sulfonamides is 1. The average molecular weight is 458 g/mol. The van der Waals surface area contributed by atoms with Crippen molar-refractivity contribution in [3.8, 4) is 0 Å². The van der Waals surface area contributed by atoms with Gasteiger partial charge in [0.05, 0.1) is 15.9 Å². The van der Waals surface area contributed by atoms with Crippen molar-refractivity contribution in [1.29, 1.82) is 0 Å². The fourth-order valence-electron chi connectivity index (χ4n) is 4.31. The quantitative estimate of drug-likeness (QED) is 0.505. The molecule has 1 aliphatic carbocycles. The Kier molecular flexibility index (Phi) is 6.30. The summed E-state index contributed by atoms with van der Waals surface area (Å²) in [6.45, 7) is 2.04. The van der Waals surface area contributed by atoms with Crippen LogP contribution in [-0.2, 0) is 14.8 Å². The topological polar surface area (TPSA) is 110 Å². The SMILES string of the molecule is Cc1ccc([N+](=O)[O-])cc1S(=O)(=O)N1CCC(C(=O)N[C@H](c2ccccc2)C2CC2)CC1. The lowest BCUT2D eigenvalue weighted by Crippen LogP contribution is -2.44. The van der Waals surface area contributed by atoms with Gasteiger partial charge in [0.1, 0.15) is 0 Å². The molecule has 0 spiro atoms. The number of hydrogen-bond acceptors (Lipinski definition) is 5. The van der Waals surface area contributed by atoms with Gasteiger partial charge in [-0.25, -0.2) is 8.42 Å². The number of nitrogens with one attached hydrogen (secondary N) is 1. The summed E-state index contributed by atoms with van der Waals surface area (Å²) in [5.74, 6) is 0.172. The Morgan fingerprint density at radius 3 is 2.34 bits per heavy atom. The normalized spacial score (nSPS) is 18.8. The second kappa shape index (κ2) is 8.99. The van der Waals surface area contributed by atoms with Crippen LogP contribution in [0.5, 0.6) is 0 Å². The predicted octanol–water partition coefficient (Wildman–Crippen LogP) is 3.57. The zero-order valence-corrected chi connectivity index (χ0v) is 18.8. The van der Waals surface area contributed by atoms with Gasteiger partial charge in [-0.1, -0.05) is 36.4 Å². The van der Waals surface area contributed by atoms with Gasteiger partial charge in [0.2, 0.25) is 15.9 Å². The molecule has 2 aliphatic rings. The highest BCUT2D eigenvalue weighted by molar-refractivity contribution is 7.89. The fourth-order valence-corrected chi connectivity index (χ4v) is 6.03. The Bertz CT molecular complexity index is 1110. The smallest absolute Gasteiger partial charge is 0.270 e. The molecule has 1 saturated carbocycles. The summed E-state index contributed by atoms with van der Waals surface area (Å²) in [5, 5.41) is 14.3. The first-order chi connectivity index (χ1) is 15.3. The molecule has 170 valence electrons. The van der Waals surface area contributed by atoms with Gasteiger partial charge in [0.25, 0.3) is 5.69 Å². The van der Waals surface area contributed by atoms with E-state index in [1.165, 1.54) is 16.4 Å². The van der Waals surface area contributed by atoms with Crippen molar-refractivity contribution in [3.05, 3.63) is 69.8 Å². The molecular weight excluding hydrogens is 430 g/mol. The third kappa shape index (κ3) is 4.68. The number of aryl methyl sites for hydroxylation is 1. The maximum atomic E-state index is 13.1. The molecule has 1 amide bonds. The Morgan fingerprint density at radius 1 is 1.09 bits per heavy atom. The predicted molar refractivity (Wildman–Crippen MR) is 119 cm³/mol. The van der Waals surface area contributed by atoms with Crippen LogP contribution < -0.4 is 5.32 Å². The maximum Gasteiger partial charge on any atom is 0.270 e. The number of rotatable bonds is 7. The summed E-state index contributed by atoms with van der Waals surface area (Å²) in [6, 6.07) is 13.8. The van der Waals surface area contributed by atoms with Crippen LogP contribution >= 0.6 is 0 Å². The van der Waals surface area contributed by atoms with Gasteiger partial charge in [0, 0.05) is 31.1 Å². The molecular formula is C23H27N3O5S. The lowest BCUT2D eigenvalue weighted by molar-refractivity contribution is -0.385. The highest BCUT2D eigenvalue weighted by atomic mass is 32.2. The number of non-ortho nitro benzene ring substituents is 1. The first-order valence-corrected chi connectivity index (χ1v) is 12.3. The number of nitro benzene ring substituents is 1. The van der Waals surface area contributed by atoms with Gasteiger partial charge in [-0.15, -0.1) is 0 Å². The van der Waals surface area contributed by atoms with E-state index in [9.17, 15) is 23.3 Å². The number of carbonyl (C=O) groups is 1. The molecule has 1 aliphatic heterocycles. The van der Waals surface area contributed by atoms with E-state index in [-0.39, 0.29) is 41.5 Å². The van der Waals surface area contributed by atoms with Crippen LogP contribution in [0, 0.1) is 28.9 Å². The van der Waals surface area contributed by atoms with E-state index in [0.29, 0.717) is 24.3 Å². The van der Waals surface area contributed by atoms with Crippen LogP contribution in [0.3, 0.4) is 0 Å². The van der Waals surface area contributed by atoms with Crippen molar-refractivity contribution in [2.75, 3.05) is 13.1 Å². The van der Waals surface area contributed by atoms with Crippen molar-refractivity contribution in [3.63, 3.8) is 0 Å². The van der Waals surface area contributed by atoms with Crippen molar-refractivity contribution in [2.45, 2.75) is 43.5 Å². The van der Waals surface area contributed by atoms with Crippen LogP contribution in [0.2, 0.25) is 0 Å². The van der Waals surface area contributed by atoms with E-state index in [0.717, 1.165) is 24.5 Å². The van der Waals surface area contributed by atoms with E-state index < -0.39 is 14.9 Å². The van der Waals surface area contributed by atoms with E-state index in [2.05, 4.69) is 5.32 Å². The second-order valence-corrected chi connectivity index (χ2v) is 10.5. The molecule has 0 aromatic heterocycles. The van der Waals surface area contributed by atoms with Gasteiger partial charge in [-0.2, -0.15) is 4.31 Å². The summed E-state index contributed by atoms with van der Waals surface area (Å²) in [4.78, 5) is 23.4. The summed E-state index contributed by atoms with van der Waals surface area (Å²) in [5.41, 5.74) is 1.31. The molecule has 0 radical (unpaired) electrons. The van der Waals surface area contributed by atoms with Crippen LogP contribution in [0.15, 0.2) is 53.4 Å². The van der Waals surface area contributed by atoms with Gasteiger partial charge < -0.3 is 5.32 Å². The number of piperidine rings is 1. The zero-order valence-electron chi connectivity index (χ0n) is 17.9. The van der Waals surface area contributed by atoms with Gasteiger partial charge in [-0.3, -0.25) is 14.9 Å². The third-order valence-electron chi connectivity index (χ3n) is 6.37. The lowest BCUT2D eigenvalue weighted by Gasteiger charge is -2.32. The van der Waals surface area contributed by atoms with Crippen molar-refractivity contribution < 1.29 is 18.1 Å². The Morgan fingerprint density at radius 2 is 1.75 bits per heavy atom. The highest BCUT2D eigenvalue weighted by Gasteiger charge is 2.37. The molecule has 1 heterocycles. The molecule has 8 nitrogen and oxygen atoms in total.